The molecule has 0 atom stereocenters. The number of anilines is 1. The van der Waals surface area contributed by atoms with E-state index in [-0.39, 0.29) is 21.6 Å². The second-order valence-corrected chi connectivity index (χ2v) is 12.8. The van der Waals surface area contributed by atoms with Crippen LogP contribution in [0.4, 0.5) is 10.7 Å². The number of imide groups is 1. The molecule has 206 valence electrons. The predicted octanol–water partition coefficient (Wildman–Crippen LogP) is 4.46. The Morgan fingerprint density at radius 2 is 1.82 bits per heavy atom. The zero-order valence-electron chi connectivity index (χ0n) is 22.0. The predicted molar refractivity (Wildman–Crippen MR) is 152 cm³/mol. The lowest BCUT2D eigenvalue weighted by Gasteiger charge is -2.27. The molecule has 0 spiro atoms. The van der Waals surface area contributed by atoms with Crippen LogP contribution in [-0.4, -0.2) is 61.0 Å². The highest BCUT2D eigenvalue weighted by molar-refractivity contribution is 7.93. The number of benzene rings is 2. The molecule has 3 heterocycles. The molecule has 0 aliphatic carbocycles. The normalized spacial score (nSPS) is 14.7. The summed E-state index contributed by atoms with van der Waals surface area (Å²) in [7, 11) is -2.12. The van der Waals surface area contributed by atoms with Crippen LogP contribution in [0.15, 0.2) is 82.0 Å². The van der Waals surface area contributed by atoms with Gasteiger partial charge in [-0.2, -0.15) is 0 Å². The SMILES string of the molecule is COc1cccc(-c2cnc(NCCN3C(=O)NC(=O)C3(C)C)nc2-c2ccc(S(=O)(=O)c3ccccc3)s2)c1. The number of carbonyl (C=O) groups excluding carboxylic acids is 2. The Hall–Kier alpha value is -4.29. The van der Waals surface area contributed by atoms with Crippen molar-refractivity contribution in [3.8, 4) is 27.4 Å². The molecule has 12 heteroatoms. The molecule has 2 aromatic carbocycles. The molecular weight excluding hydrogens is 550 g/mol. The summed E-state index contributed by atoms with van der Waals surface area (Å²) in [5.41, 5.74) is 1.08. The molecule has 40 heavy (non-hydrogen) atoms. The third-order valence-corrected chi connectivity index (χ3v) is 9.97. The molecule has 3 amide bonds. The van der Waals surface area contributed by atoms with Crippen LogP contribution in [-0.2, 0) is 14.6 Å². The monoisotopic (exact) mass is 577 g/mol. The summed E-state index contributed by atoms with van der Waals surface area (Å²) in [4.78, 5) is 35.8. The van der Waals surface area contributed by atoms with E-state index in [4.69, 9.17) is 9.72 Å². The lowest BCUT2D eigenvalue weighted by atomic mass is 10.0. The van der Waals surface area contributed by atoms with Gasteiger partial charge < -0.3 is 15.0 Å². The summed E-state index contributed by atoms with van der Waals surface area (Å²) in [6, 6.07) is 18.6. The lowest BCUT2D eigenvalue weighted by molar-refractivity contribution is -0.125. The van der Waals surface area contributed by atoms with Crippen LogP contribution in [0.1, 0.15) is 13.8 Å². The second-order valence-electron chi connectivity index (χ2n) is 9.52. The van der Waals surface area contributed by atoms with Crippen LogP contribution >= 0.6 is 11.3 Å². The number of aromatic nitrogens is 2. The van der Waals surface area contributed by atoms with E-state index in [1.54, 1.807) is 69.6 Å². The smallest absolute Gasteiger partial charge is 0.325 e. The van der Waals surface area contributed by atoms with Gasteiger partial charge in [-0.05, 0) is 55.8 Å². The van der Waals surface area contributed by atoms with E-state index in [0.29, 0.717) is 34.4 Å². The molecular formula is C28H27N5O5S2. The number of ether oxygens (including phenoxy) is 1. The van der Waals surface area contributed by atoms with Crippen LogP contribution in [0.2, 0.25) is 0 Å². The van der Waals surface area contributed by atoms with Crippen molar-refractivity contribution in [1.29, 1.82) is 0 Å². The maximum absolute atomic E-state index is 13.2. The van der Waals surface area contributed by atoms with Gasteiger partial charge in [0.2, 0.25) is 15.8 Å². The average Bonchev–Trinajstić information content (AvgIpc) is 3.53. The van der Waals surface area contributed by atoms with Crippen molar-refractivity contribution < 1.29 is 22.7 Å². The highest BCUT2D eigenvalue weighted by Crippen LogP contribution is 2.38. The number of nitrogens with zero attached hydrogens (tertiary/aromatic N) is 3. The van der Waals surface area contributed by atoms with E-state index in [1.807, 2.05) is 24.3 Å². The number of carbonyl (C=O) groups is 2. The summed E-state index contributed by atoms with van der Waals surface area (Å²) >= 11 is 1.12. The summed E-state index contributed by atoms with van der Waals surface area (Å²) < 4.78 is 32.1. The summed E-state index contributed by atoms with van der Waals surface area (Å²) in [5.74, 6) is 0.606. The quantitative estimate of drug-likeness (QED) is 0.279. The van der Waals surface area contributed by atoms with Gasteiger partial charge in [0, 0.05) is 24.8 Å². The number of hydrogen-bond acceptors (Lipinski definition) is 9. The largest absolute Gasteiger partial charge is 0.497 e. The number of urea groups is 1. The number of rotatable bonds is 9. The molecule has 2 aromatic heterocycles. The molecule has 0 radical (unpaired) electrons. The van der Waals surface area contributed by atoms with E-state index in [9.17, 15) is 18.0 Å². The van der Waals surface area contributed by atoms with Gasteiger partial charge in [-0.1, -0.05) is 30.3 Å². The first-order chi connectivity index (χ1) is 19.1. The fraction of sp³-hybridized carbons (Fsp3) is 0.214. The van der Waals surface area contributed by atoms with Gasteiger partial charge in [0.25, 0.3) is 5.91 Å². The Balaban J connectivity index is 1.48. The van der Waals surface area contributed by atoms with Gasteiger partial charge >= 0.3 is 6.03 Å². The zero-order chi connectivity index (χ0) is 28.5. The van der Waals surface area contributed by atoms with Crippen molar-refractivity contribution in [2.45, 2.75) is 28.5 Å². The number of amides is 3. The number of nitrogens with one attached hydrogen (secondary N) is 2. The Kier molecular flexibility index (Phi) is 7.30. The van der Waals surface area contributed by atoms with E-state index < -0.39 is 21.4 Å². The van der Waals surface area contributed by atoms with Crippen LogP contribution in [0.5, 0.6) is 5.75 Å². The molecule has 0 bridgehead atoms. The van der Waals surface area contributed by atoms with Crippen molar-refractivity contribution in [3.63, 3.8) is 0 Å². The first-order valence-electron chi connectivity index (χ1n) is 12.4. The van der Waals surface area contributed by atoms with E-state index in [1.165, 1.54) is 4.90 Å². The molecule has 1 saturated heterocycles. The number of hydrogen-bond donors (Lipinski definition) is 2. The van der Waals surface area contributed by atoms with Gasteiger partial charge in [-0.15, -0.1) is 11.3 Å². The van der Waals surface area contributed by atoms with E-state index in [2.05, 4.69) is 15.6 Å². The highest BCUT2D eigenvalue weighted by atomic mass is 32.2. The zero-order valence-corrected chi connectivity index (χ0v) is 23.7. The third-order valence-electron chi connectivity index (χ3n) is 6.62. The van der Waals surface area contributed by atoms with Crippen LogP contribution in [0, 0.1) is 0 Å². The first kappa shape index (κ1) is 27.3. The molecule has 1 aliphatic heterocycles. The third kappa shape index (κ3) is 5.15. The van der Waals surface area contributed by atoms with Gasteiger partial charge in [-0.25, -0.2) is 23.2 Å². The number of thiophene rings is 1. The minimum Gasteiger partial charge on any atom is -0.497 e. The molecule has 10 nitrogen and oxygen atoms in total. The maximum Gasteiger partial charge on any atom is 0.325 e. The van der Waals surface area contributed by atoms with Crippen LogP contribution in [0.3, 0.4) is 0 Å². The number of sulfone groups is 1. The second kappa shape index (κ2) is 10.7. The summed E-state index contributed by atoms with van der Waals surface area (Å²) in [5, 5.41) is 5.45. The Morgan fingerprint density at radius 3 is 2.52 bits per heavy atom. The highest BCUT2D eigenvalue weighted by Gasteiger charge is 2.45. The standard InChI is InChI=1S/C28H27N5O5S2/c1-28(2)25(34)32-27(35)33(28)15-14-29-26-30-17-21(18-8-7-9-19(16-18)38-3)24(31-26)22-12-13-23(39-22)40(36,37)20-10-5-4-6-11-20/h4-13,16-17H,14-15H2,1-3H3,(H,29,30,31)(H,32,34,35). The van der Waals surface area contributed by atoms with Crippen molar-refractivity contribution in [3.05, 3.63) is 72.9 Å². The minimum atomic E-state index is -3.70. The molecule has 5 rings (SSSR count). The first-order valence-corrected chi connectivity index (χ1v) is 14.7. The van der Waals surface area contributed by atoms with Crippen LogP contribution < -0.4 is 15.4 Å². The molecule has 2 N–H and O–H groups in total. The summed E-state index contributed by atoms with van der Waals surface area (Å²) in [6.07, 6.45) is 1.67. The van der Waals surface area contributed by atoms with Gasteiger partial charge in [0.15, 0.2) is 0 Å². The topological polar surface area (TPSA) is 131 Å². The average molecular weight is 578 g/mol. The van der Waals surface area contributed by atoms with Crippen molar-refractivity contribution in [2.75, 3.05) is 25.5 Å². The van der Waals surface area contributed by atoms with Crippen LogP contribution in [0.25, 0.3) is 21.7 Å². The fourth-order valence-electron chi connectivity index (χ4n) is 4.32. The molecule has 1 aliphatic rings. The van der Waals surface area contributed by atoms with Crippen molar-refractivity contribution >= 4 is 39.1 Å². The van der Waals surface area contributed by atoms with Gasteiger partial charge in [0.05, 0.1) is 22.6 Å². The Labute approximate surface area is 236 Å². The Bertz CT molecular complexity index is 1690. The number of methoxy groups -OCH3 is 1. The maximum atomic E-state index is 13.2. The Morgan fingerprint density at radius 1 is 1.05 bits per heavy atom. The lowest BCUT2D eigenvalue weighted by Crippen LogP contribution is -2.46. The summed E-state index contributed by atoms with van der Waals surface area (Å²) in [6.45, 7) is 3.91. The van der Waals surface area contributed by atoms with E-state index >= 15 is 0 Å². The van der Waals surface area contributed by atoms with Crippen molar-refractivity contribution in [1.82, 2.24) is 20.2 Å². The van der Waals surface area contributed by atoms with Gasteiger partial charge in [-0.3, -0.25) is 10.1 Å². The van der Waals surface area contributed by atoms with E-state index in [0.717, 1.165) is 16.9 Å². The molecule has 0 saturated carbocycles. The van der Waals surface area contributed by atoms with Crippen molar-refractivity contribution in [2.24, 2.45) is 0 Å². The molecule has 0 unspecified atom stereocenters. The molecule has 1 fully saturated rings. The van der Waals surface area contributed by atoms with Gasteiger partial charge in [0.1, 0.15) is 15.5 Å². The fourth-order valence-corrected chi connectivity index (χ4v) is 7.05. The molecule has 4 aromatic rings. The minimum absolute atomic E-state index is 0.199.